The maximum atomic E-state index is 13.4. The molecule has 1 aromatic heterocycles. The summed E-state index contributed by atoms with van der Waals surface area (Å²) < 4.78 is 5.27. The number of aromatic amines is 1. The molecular formula is C23H19ClN2O3. The number of amides is 1. The molecule has 146 valence electrons. The van der Waals surface area contributed by atoms with Gasteiger partial charge in [-0.05, 0) is 35.7 Å². The van der Waals surface area contributed by atoms with E-state index in [4.69, 9.17) is 16.3 Å². The van der Waals surface area contributed by atoms with Crippen molar-refractivity contribution in [2.45, 2.75) is 5.92 Å². The minimum Gasteiger partial charge on any atom is -0.507 e. The molecule has 0 radical (unpaired) electrons. The van der Waals surface area contributed by atoms with E-state index in [1.165, 1.54) is 0 Å². The predicted molar refractivity (Wildman–Crippen MR) is 116 cm³/mol. The number of carbonyl (C=O) groups is 1. The number of aromatic hydroxyl groups is 1. The molecule has 6 heteroatoms. The molecule has 0 bridgehead atoms. The van der Waals surface area contributed by atoms with Crippen LogP contribution in [0.2, 0.25) is 0 Å². The second-order valence-electron chi connectivity index (χ2n) is 7.28. The smallest absolute Gasteiger partial charge is 0.274 e. The number of aromatic nitrogens is 1. The summed E-state index contributed by atoms with van der Waals surface area (Å²) in [6, 6.07) is 17.0. The lowest BCUT2D eigenvalue weighted by Crippen LogP contribution is -2.30. The van der Waals surface area contributed by atoms with Gasteiger partial charge in [-0.1, -0.05) is 24.3 Å². The van der Waals surface area contributed by atoms with Crippen LogP contribution in [0.3, 0.4) is 0 Å². The van der Waals surface area contributed by atoms with Crippen molar-refractivity contribution < 1.29 is 14.6 Å². The number of nitrogens with one attached hydrogen (secondary N) is 1. The van der Waals surface area contributed by atoms with Crippen LogP contribution in [0.1, 0.15) is 22.0 Å². The molecule has 0 unspecified atom stereocenters. The van der Waals surface area contributed by atoms with E-state index in [2.05, 4.69) is 4.98 Å². The first kappa shape index (κ1) is 17.9. The fourth-order valence-electron chi connectivity index (χ4n) is 4.18. The molecule has 0 saturated carbocycles. The van der Waals surface area contributed by atoms with Crippen molar-refractivity contribution in [2.75, 3.05) is 24.4 Å². The van der Waals surface area contributed by atoms with Gasteiger partial charge in [0.05, 0.1) is 12.8 Å². The highest BCUT2D eigenvalue weighted by atomic mass is 35.5. The molecule has 2 N–H and O–H groups in total. The summed E-state index contributed by atoms with van der Waals surface area (Å²) in [5, 5.41) is 13.5. The zero-order valence-corrected chi connectivity index (χ0v) is 16.5. The van der Waals surface area contributed by atoms with Crippen molar-refractivity contribution in [3.63, 3.8) is 0 Å². The van der Waals surface area contributed by atoms with E-state index in [1.807, 2.05) is 54.6 Å². The fraction of sp³-hybridized carbons (Fsp3) is 0.174. The van der Waals surface area contributed by atoms with Crippen LogP contribution in [0.5, 0.6) is 11.5 Å². The predicted octanol–water partition coefficient (Wildman–Crippen LogP) is 5.02. The highest BCUT2D eigenvalue weighted by Gasteiger charge is 2.36. The van der Waals surface area contributed by atoms with Crippen LogP contribution in [-0.2, 0) is 0 Å². The van der Waals surface area contributed by atoms with E-state index in [1.54, 1.807) is 12.0 Å². The van der Waals surface area contributed by atoms with Crippen LogP contribution in [-0.4, -0.2) is 35.5 Å². The standard InChI is InChI=1S/C23H19ClN2O3/c1-29-16-6-7-18-14(8-16)9-19(25-18)23(28)26-12-15(11-24)21-20(26)10-13-4-2-3-5-17(13)22(21)27/h2-10,15,25,27H,11-12H2,1H3/t15-/m1/s1. The highest BCUT2D eigenvalue weighted by Crippen LogP contribution is 2.46. The second kappa shape index (κ2) is 6.71. The highest BCUT2D eigenvalue weighted by molar-refractivity contribution is 6.19. The van der Waals surface area contributed by atoms with Gasteiger partial charge in [0.2, 0.25) is 0 Å². The first-order chi connectivity index (χ1) is 14.1. The van der Waals surface area contributed by atoms with Gasteiger partial charge >= 0.3 is 0 Å². The normalized spacial score (nSPS) is 15.8. The summed E-state index contributed by atoms with van der Waals surface area (Å²) in [5.41, 5.74) is 2.81. The SMILES string of the molecule is COc1ccc2[nH]c(C(=O)N3C[C@@H](CCl)c4c3cc3ccccc3c4O)cc2c1. The van der Waals surface area contributed by atoms with Gasteiger partial charge in [0.1, 0.15) is 17.2 Å². The molecule has 2 heterocycles. The third-order valence-corrected chi connectivity index (χ3v) is 6.00. The maximum absolute atomic E-state index is 13.4. The van der Waals surface area contributed by atoms with Crippen molar-refractivity contribution in [2.24, 2.45) is 0 Å². The van der Waals surface area contributed by atoms with Crippen molar-refractivity contribution in [3.8, 4) is 11.5 Å². The molecule has 0 saturated heterocycles. The van der Waals surface area contributed by atoms with Crippen molar-refractivity contribution in [3.05, 3.63) is 65.9 Å². The number of hydrogen-bond acceptors (Lipinski definition) is 3. The first-order valence-electron chi connectivity index (χ1n) is 9.40. The van der Waals surface area contributed by atoms with E-state index in [0.717, 1.165) is 33.0 Å². The average molecular weight is 407 g/mol. The number of phenolic OH excluding ortho intramolecular Hbond substituents is 1. The molecule has 1 aliphatic rings. The Bertz CT molecular complexity index is 1260. The number of methoxy groups -OCH3 is 1. The third kappa shape index (κ3) is 2.73. The number of fused-ring (bicyclic) bond motifs is 3. The Kier molecular flexibility index (Phi) is 4.14. The van der Waals surface area contributed by atoms with E-state index in [0.29, 0.717) is 23.8 Å². The van der Waals surface area contributed by atoms with Gasteiger partial charge in [-0.25, -0.2) is 0 Å². The lowest BCUT2D eigenvalue weighted by atomic mass is 9.97. The van der Waals surface area contributed by atoms with Gasteiger partial charge in [-0.15, -0.1) is 11.6 Å². The monoisotopic (exact) mass is 406 g/mol. The Balaban J connectivity index is 1.62. The number of hydrogen-bond donors (Lipinski definition) is 2. The Morgan fingerprint density at radius 3 is 2.83 bits per heavy atom. The van der Waals surface area contributed by atoms with Gasteiger partial charge in [0.15, 0.2) is 0 Å². The lowest BCUT2D eigenvalue weighted by molar-refractivity contribution is 0.0984. The molecule has 1 amide bonds. The Labute approximate surface area is 172 Å². The largest absolute Gasteiger partial charge is 0.507 e. The number of phenols is 1. The zero-order valence-electron chi connectivity index (χ0n) is 15.8. The molecule has 0 fully saturated rings. The fourth-order valence-corrected chi connectivity index (χ4v) is 4.43. The average Bonchev–Trinajstić information content (AvgIpc) is 3.34. The summed E-state index contributed by atoms with van der Waals surface area (Å²) in [7, 11) is 1.62. The third-order valence-electron chi connectivity index (χ3n) is 5.63. The molecule has 4 aromatic rings. The van der Waals surface area contributed by atoms with Crippen LogP contribution in [0.4, 0.5) is 5.69 Å². The number of anilines is 1. The van der Waals surface area contributed by atoms with E-state index in [9.17, 15) is 9.90 Å². The Morgan fingerprint density at radius 1 is 1.21 bits per heavy atom. The summed E-state index contributed by atoms with van der Waals surface area (Å²) in [4.78, 5) is 18.3. The molecule has 3 aromatic carbocycles. The van der Waals surface area contributed by atoms with Gasteiger partial charge in [0, 0.05) is 40.2 Å². The molecular weight excluding hydrogens is 388 g/mol. The molecule has 29 heavy (non-hydrogen) atoms. The van der Waals surface area contributed by atoms with Crippen molar-refractivity contribution in [1.29, 1.82) is 0 Å². The van der Waals surface area contributed by atoms with Crippen molar-refractivity contribution in [1.82, 2.24) is 4.98 Å². The number of nitrogens with zero attached hydrogens (tertiary/aromatic N) is 1. The number of rotatable bonds is 3. The minimum absolute atomic E-state index is 0.121. The summed E-state index contributed by atoms with van der Waals surface area (Å²) >= 11 is 6.20. The van der Waals surface area contributed by atoms with Crippen molar-refractivity contribution >= 4 is 44.9 Å². The zero-order chi connectivity index (χ0) is 20.1. The summed E-state index contributed by atoms with van der Waals surface area (Å²) in [5.74, 6) is 1.00. The number of H-pyrrole nitrogens is 1. The lowest BCUT2D eigenvalue weighted by Gasteiger charge is -2.17. The number of benzene rings is 3. The van der Waals surface area contributed by atoms with Crippen LogP contribution in [0.25, 0.3) is 21.7 Å². The van der Waals surface area contributed by atoms with E-state index in [-0.39, 0.29) is 17.6 Å². The van der Waals surface area contributed by atoms with Crippen LogP contribution < -0.4 is 9.64 Å². The van der Waals surface area contributed by atoms with E-state index >= 15 is 0 Å². The quantitative estimate of drug-likeness (QED) is 0.469. The minimum atomic E-state index is -0.149. The summed E-state index contributed by atoms with van der Waals surface area (Å²) in [6.07, 6.45) is 0. The first-order valence-corrected chi connectivity index (χ1v) is 9.93. The van der Waals surface area contributed by atoms with Crippen LogP contribution in [0, 0.1) is 0 Å². The van der Waals surface area contributed by atoms with Gasteiger partial charge in [-0.2, -0.15) is 0 Å². The molecule has 5 nitrogen and oxygen atoms in total. The Hall–Kier alpha value is -3.18. The topological polar surface area (TPSA) is 65.6 Å². The van der Waals surface area contributed by atoms with Gasteiger partial charge < -0.3 is 19.7 Å². The number of carbonyl (C=O) groups excluding carboxylic acids is 1. The maximum Gasteiger partial charge on any atom is 0.274 e. The molecule has 1 aliphatic heterocycles. The molecule has 0 spiro atoms. The molecule has 0 aliphatic carbocycles. The molecule has 5 rings (SSSR count). The van der Waals surface area contributed by atoms with Gasteiger partial charge in [-0.3, -0.25) is 4.79 Å². The Morgan fingerprint density at radius 2 is 2.03 bits per heavy atom. The van der Waals surface area contributed by atoms with Crippen LogP contribution in [0.15, 0.2) is 54.6 Å². The molecule has 1 atom stereocenters. The number of alkyl halides is 1. The number of halogens is 1. The number of ether oxygens (including phenoxy) is 1. The van der Waals surface area contributed by atoms with Gasteiger partial charge in [0.25, 0.3) is 5.91 Å². The van der Waals surface area contributed by atoms with Crippen LogP contribution >= 0.6 is 11.6 Å². The second-order valence-corrected chi connectivity index (χ2v) is 7.59. The summed E-state index contributed by atoms with van der Waals surface area (Å²) in [6.45, 7) is 0.431. The van der Waals surface area contributed by atoms with E-state index < -0.39 is 0 Å².